The number of amides is 1. The van der Waals surface area contributed by atoms with Crippen LogP contribution in [0.5, 0.6) is 0 Å². The molecule has 1 N–H and O–H groups in total. The van der Waals surface area contributed by atoms with Crippen LogP contribution in [0.25, 0.3) is 0 Å². The third kappa shape index (κ3) is 1.92. The molecule has 2 fully saturated rings. The fraction of sp³-hybridized carbons (Fsp3) is 0.833. The van der Waals surface area contributed by atoms with E-state index in [9.17, 15) is 14.7 Å². The van der Waals surface area contributed by atoms with Gasteiger partial charge in [-0.2, -0.15) is 0 Å². The zero-order valence-corrected chi connectivity index (χ0v) is 10.5. The van der Waals surface area contributed by atoms with E-state index < -0.39 is 17.2 Å². The molecule has 0 spiro atoms. The molecule has 0 aromatic heterocycles. The lowest BCUT2D eigenvalue weighted by atomic mass is 9.93. The van der Waals surface area contributed by atoms with Crippen LogP contribution in [0.2, 0.25) is 0 Å². The van der Waals surface area contributed by atoms with Crippen molar-refractivity contribution in [2.45, 2.75) is 57.3 Å². The Morgan fingerprint density at radius 1 is 1.53 bits per heavy atom. The molecule has 2 rings (SSSR count). The monoisotopic (exact) mass is 241 g/mol. The van der Waals surface area contributed by atoms with E-state index in [0.717, 1.165) is 6.42 Å². The maximum absolute atomic E-state index is 12.2. The molecule has 2 saturated heterocycles. The second kappa shape index (κ2) is 3.70. The number of hydrogen-bond acceptors (Lipinski definition) is 4. The van der Waals surface area contributed by atoms with Crippen LogP contribution in [0.3, 0.4) is 0 Å². The highest BCUT2D eigenvalue weighted by Crippen LogP contribution is 2.41. The van der Waals surface area contributed by atoms with Gasteiger partial charge in [0.15, 0.2) is 0 Å². The van der Waals surface area contributed by atoms with E-state index in [-0.39, 0.29) is 18.3 Å². The topological polar surface area (TPSA) is 66.8 Å². The summed E-state index contributed by atoms with van der Waals surface area (Å²) in [6.07, 6.45) is 0.492. The molecule has 0 aromatic carbocycles. The van der Waals surface area contributed by atoms with Gasteiger partial charge < -0.3 is 14.7 Å². The molecule has 2 heterocycles. The second-order valence-corrected chi connectivity index (χ2v) is 5.85. The summed E-state index contributed by atoms with van der Waals surface area (Å²) < 4.78 is 5.38. The normalized spacial score (nSPS) is 32.8. The summed E-state index contributed by atoms with van der Waals surface area (Å²) in [5, 5.41) is 9.62. The van der Waals surface area contributed by atoms with Gasteiger partial charge in [-0.3, -0.25) is 4.79 Å². The van der Waals surface area contributed by atoms with Crippen molar-refractivity contribution in [1.82, 2.24) is 4.90 Å². The average Bonchev–Trinajstić information content (AvgIpc) is 2.66. The summed E-state index contributed by atoms with van der Waals surface area (Å²) in [6.45, 7) is 5.94. The van der Waals surface area contributed by atoms with Gasteiger partial charge >= 0.3 is 5.97 Å². The first-order valence-electron chi connectivity index (χ1n) is 5.99. The zero-order chi connectivity index (χ0) is 12.8. The number of fused-ring (bicyclic) bond motifs is 1. The standard InChI is InChI=1S/C12H19NO4/c1-11(2,3)17-10(16)12-5-4-6-13(12)9(15)8(14)7-12/h8,14H,4-7H2,1-3H3/t8-,12+/m0/s1. The molecule has 5 nitrogen and oxygen atoms in total. The molecule has 0 aromatic rings. The predicted octanol–water partition coefficient (Wildman–Crippen LogP) is 0.454. The van der Waals surface area contributed by atoms with Crippen molar-refractivity contribution in [3.8, 4) is 0 Å². The molecule has 2 aliphatic heterocycles. The molecule has 0 unspecified atom stereocenters. The van der Waals surface area contributed by atoms with Gasteiger partial charge in [-0.15, -0.1) is 0 Å². The Kier molecular flexibility index (Phi) is 2.69. The molecule has 17 heavy (non-hydrogen) atoms. The Balaban J connectivity index is 2.23. The molecule has 0 saturated carbocycles. The second-order valence-electron chi connectivity index (χ2n) is 5.85. The lowest BCUT2D eigenvalue weighted by Crippen LogP contribution is -2.50. The van der Waals surface area contributed by atoms with Crippen molar-refractivity contribution in [2.24, 2.45) is 0 Å². The SMILES string of the molecule is CC(C)(C)OC(=O)[C@]12CCCN1C(=O)[C@@H](O)C2. The van der Waals surface area contributed by atoms with Crippen LogP contribution in [0.4, 0.5) is 0 Å². The van der Waals surface area contributed by atoms with Gasteiger partial charge in [-0.25, -0.2) is 4.79 Å². The predicted molar refractivity (Wildman–Crippen MR) is 60.1 cm³/mol. The highest BCUT2D eigenvalue weighted by atomic mass is 16.6. The van der Waals surface area contributed by atoms with E-state index >= 15 is 0 Å². The van der Waals surface area contributed by atoms with Crippen molar-refractivity contribution in [2.75, 3.05) is 6.54 Å². The van der Waals surface area contributed by atoms with E-state index in [1.165, 1.54) is 4.90 Å². The van der Waals surface area contributed by atoms with Gasteiger partial charge in [0.2, 0.25) is 0 Å². The smallest absolute Gasteiger partial charge is 0.332 e. The molecular weight excluding hydrogens is 222 g/mol. The Morgan fingerprint density at radius 2 is 2.18 bits per heavy atom. The maximum atomic E-state index is 12.2. The summed E-state index contributed by atoms with van der Waals surface area (Å²) >= 11 is 0. The average molecular weight is 241 g/mol. The highest BCUT2D eigenvalue weighted by Gasteiger charge is 2.59. The highest BCUT2D eigenvalue weighted by molar-refractivity contribution is 5.95. The number of esters is 1. The van der Waals surface area contributed by atoms with E-state index in [1.807, 2.05) is 0 Å². The van der Waals surface area contributed by atoms with Gasteiger partial charge in [0.05, 0.1) is 0 Å². The van der Waals surface area contributed by atoms with Crippen LogP contribution >= 0.6 is 0 Å². The summed E-state index contributed by atoms with van der Waals surface area (Å²) in [7, 11) is 0. The number of carbonyl (C=O) groups is 2. The fourth-order valence-electron chi connectivity index (χ4n) is 2.67. The zero-order valence-electron chi connectivity index (χ0n) is 10.5. The minimum atomic E-state index is -1.05. The Bertz CT molecular complexity index is 360. The van der Waals surface area contributed by atoms with Crippen LogP contribution in [-0.2, 0) is 14.3 Å². The molecule has 2 aliphatic rings. The van der Waals surface area contributed by atoms with Gasteiger partial charge in [-0.05, 0) is 33.6 Å². The number of nitrogens with zero attached hydrogens (tertiary/aromatic N) is 1. The van der Waals surface area contributed by atoms with E-state index in [2.05, 4.69) is 0 Å². The van der Waals surface area contributed by atoms with Crippen LogP contribution < -0.4 is 0 Å². The van der Waals surface area contributed by atoms with E-state index in [0.29, 0.717) is 13.0 Å². The Hall–Kier alpha value is -1.10. The number of aliphatic hydroxyl groups is 1. The van der Waals surface area contributed by atoms with Gasteiger partial charge in [0, 0.05) is 13.0 Å². The summed E-state index contributed by atoms with van der Waals surface area (Å²) in [5.74, 6) is -0.722. The molecule has 96 valence electrons. The van der Waals surface area contributed by atoms with Crippen molar-refractivity contribution in [3.05, 3.63) is 0 Å². The third-order valence-electron chi connectivity index (χ3n) is 3.35. The first-order valence-corrected chi connectivity index (χ1v) is 5.99. The van der Waals surface area contributed by atoms with Gasteiger partial charge in [0.1, 0.15) is 17.2 Å². The molecule has 0 aliphatic carbocycles. The van der Waals surface area contributed by atoms with Crippen LogP contribution in [0.15, 0.2) is 0 Å². The molecule has 0 radical (unpaired) electrons. The van der Waals surface area contributed by atoms with Crippen molar-refractivity contribution >= 4 is 11.9 Å². The number of hydrogen-bond donors (Lipinski definition) is 1. The van der Waals surface area contributed by atoms with Gasteiger partial charge in [0.25, 0.3) is 5.91 Å². The Morgan fingerprint density at radius 3 is 2.76 bits per heavy atom. The Labute approximate surface area is 101 Å². The number of aliphatic hydroxyl groups excluding tert-OH is 1. The lowest BCUT2D eigenvalue weighted by molar-refractivity contribution is -0.168. The number of ether oxygens (including phenoxy) is 1. The molecule has 5 heteroatoms. The van der Waals surface area contributed by atoms with E-state index in [4.69, 9.17) is 4.74 Å². The first kappa shape index (κ1) is 12.4. The minimum Gasteiger partial charge on any atom is -0.458 e. The quantitative estimate of drug-likeness (QED) is 0.677. The van der Waals surface area contributed by atoms with Crippen molar-refractivity contribution in [1.29, 1.82) is 0 Å². The first-order chi connectivity index (χ1) is 7.76. The molecule has 0 bridgehead atoms. The lowest BCUT2D eigenvalue weighted by Gasteiger charge is -2.32. The largest absolute Gasteiger partial charge is 0.458 e. The summed E-state index contributed by atoms with van der Waals surface area (Å²) in [5.41, 5.74) is -1.49. The summed E-state index contributed by atoms with van der Waals surface area (Å²) in [4.78, 5) is 25.5. The van der Waals surface area contributed by atoms with Gasteiger partial charge in [-0.1, -0.05) is 0 Å². The number of rotatable bonds is 1. The molecule has 1 amide bonds. The molecule has 2 atom stereocenters. The van der Waals surface area contributed by atoms with Crippen LogP contribution in [-0.4, -0.2) is 45.7 Å². The van der Waals surface area contributed by atoms with Crippen LogP contribution in [0.1, 0.15) is 40.0 Å². The fourth-order valence-corrected chi connectivity index (χ4v) is 2.67. The van der Waals surface area contributed by atoms with Crippen LogP contribution in [0, 0.1) is 0 Å². The van der Waals surface area contributed by atoms with Crippen molar-refractivity contribution in [3.63, 3.8) is 0 Å². The maximum Gasteiger partial charge on any atom is 0.332 e. The third-order valence-corrected chi connectivity index (χ3v) is 3.35. The van der Waals surface area contributed by atoms with Crippen molar-refractivity contribution < 1.29 is 19.4 Å². The van der Waals surface area contributed by atoms with E-state index in [1.54, 1.807) is 20.8 Å². The summed E-state index contributed by atoms with van der Waals surface area (Å²) in [6, 6.07) is 0. The molecular formula is C12H19NO4. The number of carbonyl (C=O) groups excluding carboxylic acids is 2. The minimum absolute atomic E-state index is 0.167.